The lowest BCUT2D eigenvalue weighted by Gasteiger charge is -2.02. The Balaban J connectivity index is 2.31. The fourth-order valence-electron chi connectivity index (χ4n) is 1.49. The number of nitrogens with one attached hydrogen (secondary N) is 1. The van der Waals surface area contributed by atoms with Crippen LogP contribution in [0.5, 0.6) is 0 Å². The van der Waals surface area contributed by atoms with Crippen molar-refractivity contribution in [1.29, 1.82) is 0 Å². The van der Waals surface area contributed by atoms with Gasteiger partial charge in [0.2, 0.25) is 10.1 Å². The van der Waals surface area contributed by atoms with Crippen LogP contribution in [0, 0.1) is 20.2 Å². The minimum Gasteiger partial charge on any atom is -0.296 e. The van der Waals surface area contributed by atoms with Crippen molar-refractivity contribution in [3.05, 3.63) is 49.0 Å². The minimum atomic E-state index is -4.75. The summed E-state index contributed by atoms with van der Waals surface area (Å²) < 4.78 is 37.2. The van der Waals surface area contributed by atoms with Crippen molar-refractivity contribution in [3.63, 3.8) is 0 Å². The third kappa shape index (κ3) is 3.78. The number of anilines is 1. The van der Waals surface area contributed by atoms with Gasteiger partial charge in [-0.2, -0.15) is 13.2 Å². The van der Waals surface area contributed by atoms with Crippen LogP contribution in [0.2, 0.25) is 0 Å². The van der Waals surface area contributed by atoms with Gasteiger partial charge < -0.3 is 0 Å². The molecule has 0 radical (unpaired) electrons. The molecule has 0 bridgehead atoms. The van der Waals surface area contributed by atoms with Gasteiger partial charge in [0.15, 0.2) is 0 Å². The number of amides is 1. The van der Waals surface area contributed by atoms with Gasteiger partial charge in [-0.05, 0) is 0 Å². The highest BCUT2D eigenvalue weighted by Crippen LogP contribution is 2.33. The molecule has 0 atom stereocenters. The van der Waals surface area contributed by atoms with Crippen LogP contribution in [0.15, 0.2) is 18.2 Å². The maximum absolute atomic E-state index is 12.4. The lowest BCUT2D eigenvalue weighted by Crippen LogP contribution is -2.12. The molecule has 0 saturated heterocycles. The Hall–Kier alpha value is -3.16. The van der Waals surface area contributed by atoms with E-state index in [0.717, 1.165) is 12.1 Å². The van der Waals surface area contributed by atoms with Crippen molar-refractivity contribution in [3.8, 4) is 0 Å². The molecule has 2 aromatic rings. The second kappa shape index (κ2) is 6.15. The normalized spacial score (nSPS) is 11.1. The number of rotatable bonds is 4. The molecule has 1 amide bonds. The lowest BCUT2D eigenvalue weighted by atomic mass is 10.1. The molecule has 0 fully saturated rings. The number of alkyl halides is 3. The van der Waals surface area contributed by atoms with Gasteiger partial charge in [0, 0.05) is 12.1 Å². The standard InChI is InChI=1S/C10H4F3N5O5S/c11-10(12,13)8-15-16-9(24-8)14-7(19)4-1-5(17(20)21)3-6(2-4)18(22)23/h1-3H,(H,14,16,19). The molecular weight excluding hydrogens is 359 g/mol. The summed E-state index contributed by atoms with van der Waals surface area (Å²) in [4.78, 5) is 31.5. The smallest absolute Gasteiger partial charge is 0.296 e. The van der Waals surface area contributed by atoms with Crippen LogP contribution in [0.25, 0.3) is 0 Å². The van der Waals surface area contributed by atoms with E-state index in [1.54, 1.807) is 0 Å². The van der Waals surface area contributed by atoms with Gasteiger partial charge in [-0.1, -0.05) is 11.3 Å². The van der Waals surface area contributed by atoms with Crippen molar-refractivity contribution in [2.24, 2.45) is 0 Å². The topological polar surface area (TPSA) is 141 Å². The summed E-state index contributed by atoms with van der Waals surface area (Å²) in [5.41, 5.74) is -1.93. The molecule has 0 spiro atoms. The van der Waals surface area contributed by atoms with Gasteiger partial charge in [0.05, 0.1) is 21.5 Å². The molecule has 24 heavy (non-hydrogen) atoms. The van der Waals surface area contributed by atoms with Gasteiger partial charge in [-0.15, -0.1) is 10.2 Å². The number of carbonyl (C=O) groups excluding carboxylic acids is 1. The fraction of sp³-hybridized carbons (Fsp3) is 0.100. The van der Waals surface area contributed by atoms with E-state index < -0.39 is 49.0 Å². The maximum Gasteiger partial charge on any atom is 0.445 e. The van der Waals surface area contributed by atoms with E-state index in [0.29, 0.717) is 6.07 Å². The number of hydrogen-bond acceptors (Lipinski definition) is 8. The molecule has 0 aliphatic carbocycles. The average Bonchev–Trinajstić information content (AvgIpc) is 2.95. The first-order valence-electron chi connectivity index (χ1n) is 5.74. The molecule has 126 valence electrons. The van der Waals surface area contributed by atoms with E-state index in [1.165, 1.54) is 0 Å². The molecule has 1 aromatic carbocycles. The second-order valence-corrected chi connectivity index (χ2v) is 5.09. The van der Waals surface area contributed by atoms with Crippen molar-refractivity contribution in [1.82, 2.24) is 10.2 Å². The van der Waals surface area contributed by atoms with E-state index in [9.17, 15) is 38.2 Å². The highest BCUT2D eigenvalue weighted by atomic mass is 32.1. The zero-order valence-electron chi connectivity index (χ0n) is 11.1. The molecule has 0 unspecified atom stereocenters. The Kier molecular flexibility index (Phi) is 4.41. The molecule has 0 aliphatic heterocycles. The van der Waals surface area contributed by atoms with Crippen LogP contribution in [0.3, 0.4) is 0 Å². The fourth-order valence-corrected chi connectivity index (χ4v) is 2.10. The number of nitro groups is 2. The van der Waals surface area contributed by atoms with Crippen LogP contribution in [-0.2, 0) is 6.18 Å². The van der Waals surface area contributed by atoms with E-state index >= 15 is 0 Å². The molecule has 2 rings (SSSR count). The average molecular weight is 363 g/mol. The Morgan fingerprint density at radius 2 is 1.62 bits per heavy atom. The van der Waals surface area contributed by atoms with Crippen LogP contribution in [0.4, 0.5) is 29.7 Å². The molecule has 10 nitrogen and oxygen atoms in total. The third-order valence-electron chi connectivity index (χ3n) is 2.47. The molecular formula is C10H4F3N5O5S. The minimum absolute atomic E-state index is 0.0369. The summed E-state index contributed by atoms with van der Waals surface area (Å²) in [6.07, 6.45) is -4.75. The number of benzene rings is 1. The van der Waals surface area contributed by atoms with Gasteiger partial charge in [0.1, 0.15) is 0 Å². The number of nitrogens with zero attached hydrogens (tertiary/aromatic N) is 4. The first-order chi connectivity index (χ1) is 11.1. The molecule has 1 N–H and O–H groups in total. The zero-order chi connectivity index (χ0) is 18.1. The number of nitro benzene ring substituents is 2. The summed E-state index contributed by atoms with van der Waals surface area (Å²) in [5, 5.41) is 27.5. The van der Waals surface area contributed by atoms with E-state index in [4.69, 9.17) is 0 Å². The molecule has 14 heteroatoms. The molecule has 0 aliphatic rings. The van der Waals surface area contributed by atoms with Gasteiger partial charge in [0.25, 0.3) is 17.3 Å². The van der Waals surface area contributed by atoms with Gasteiger partial charge in [-0.25, -0.2) is 0 Å². The number of aromatic nitrogens is 2. The molecule has 0 saturated carbocycles. The van der Waals surface area contributed by atoms with E-state index in [-0.39, 0.29) is 11.3 Å². The second-order valence-electron chi connectivity index (χ2n) is 4.12. The predicted molar refractivity (Wildman–Crippen MR) is 72.6 cm³/mol. The monoisotopic (exact) mass is 363 g/mol. The van der Waals surface area contributed by atoms with Crippen LogP contribution >= 0.6 is 11.3 Å². The first kappa shape index (κ1) is 17.2. The van der Waals surface area contributed by atoms with E-state index in [1.807, 2.05) is 5.32 Å². The summed E-state index contributed by atoms with van der Waals surface area (Å²) in [6.45, 7) is 0. The summed E-state index contributed by atoms with van der Waals surface area (Å²) in [6, 6.07) is 2.13. The van der Waals surface area contributed by atoms with Crippen LogP contribution in [0.1, 0.15) is 15.4 Å². The highest BCUT2D eigenvalue weighted by molar-refractivity contribution is 7.15. The van der Waals surface area contributed by atoms with Crippen molar-refractivity contribution in [2.75, 3.05) is 5.32 Å². The predicted octanol–water partition coefficient (Wildman–Crippen LogP) is 2.63. The number of carbonyl (C=O) groups is 1. The van der Waals surface area contributed by atoms with E-state index in [2.05, 4.69) is 10.2 Å². The molecule has 1 aromatic heterocycles. The number of halogens is 3. The van der Waals surface area contributed by atoms with Crippen molar-refractivity contribution >= 4 is 33.8 Å². The summed E-state index contributed by atoms with van der Waals surface area (Å²) >= 11 is 0.0369. The largest absolute Gasteiger partial charge is 0.445 e. The van der Waals surface area contributed by atoms with Crippen molar-refractivity contribution < 1.29 is 27.8 Å². The molecule has 1 heterocycles. The zero-order valence-corrected chi connectivity index (χ0v) is 11.9. The Morgan fingerprint density at radius 1 is 1.08 bits per heavy atom. The SMILES string of the molecule is O=C(Nc1nnc(C(F)(F)F)s1)c1cc([N+](=O)[O-])cc([N+](=O)[O-])c1. The number of hydrogen-bond donors (Lipinski definition) is 1. The first-order valence-corrected chi connectivity index (χ1v) is 6.55. The Labute approximate surface area is 133 Å². The van der Waals surface area contributed by atoms with Gasteiger partial charge in [-0.3, -0.25) is 30.3 Å². The van der Waals surface area contributed by atoms with Gasteiger partial charge >= 0.3 is 6.18 Å². The lowest BCUT2D eigenvalue weighted by molar-refractivity contribution is -0.394. The summed E-state index contributed by atoms with van der Waals surface area (Å²) in [7, 11) is 0. The quantitative estimate of drug-likeness (QED) is 0.650. The van der Waals surface area contributed by atoms with Crippen LogP contribution < -0.4 is 5.32 Å². The number of non-ortho nitro benzene ring substituents is 2. The maximum atomic E-state index is 12.4. The highest BCUT2D eigenvalue weighted by Gasteiger charge is 2.36. The Morgan fingerprint density at radius 3 is 2.04 bits per heavy atom. The third-order valence-corrected chi connectivity index (χ3v) is 3.36. The Bertz CT molecular complexity index is 804. The van der Waals surface area contributed by atoms with Crippen molar-refractivity contribution in [2.45, 2.75) is 6.18 Å². The van der Waals surface area contributed by atoms with Crippen LogP contribution in [-0.4, -0.2) is 26.0 Å². The summed E-state index contributed by atoms with van der Waals surface area (Å²) in [5.74, 6) is -1.10.